The third-order valence-electron chi connectivity index (χ3n) is 9.33. The summed E-state index contributed by atoms with van der Waals surface area (Å²) in [7, 11) is 10.5. The van der Waals surface area contributed by atoms with Crippen LogP contribution in [0.2, 0.25) is 0 Å². The molecule has 0 radical (unpaired) electrons. The molecular weight excluding hydrogens is 724 g/mol. The zero-order chi connectivity index (χ0) is 40.9. The van der Waals surface area contributed by atoms with E-state index in [0.29, 0.717) is 40.4 Å². The monoisotopic (exact) mass is 774 g/mol. The van der Waals surface area contributed by atoms with Gasteiger partial charge in [0.25, 0.3) is 0 Å². The molecule has 300 valence electrons. The maximum Gasteiger partial charge on any atom is 0.328 e. The van der Waals surface area contributed by atoms with Gasteiger partial charge in [-0.2, -0.15) is 0 Å². The van der Waals surface area contributed by atoms with E-state index in [0.717, 1.165) is 10.5 Å². The highest BCUT2D eigenvalue weighted by Gasteiger charge is 2.32. The number of carbonyl (C=O) groups is 6. The number of methoxy groups -OCH3 is 3. The molecule has 3 atom stereocenters. The molecule has 56 heavy (non-hydrogen) atoms. The maximum absolute atomic E-state index is 13.9. The van der Waals surface area contributed by atoms with Crippen LogP contribution in [-0.2, 0) is 51.3 Å². The van der Waals surface area contributed by atoms with Crippen molar-refractivity contribution in [2.24, 2.45) is 0 Å². The molecule has 0 aliphatic carbocycles. The molecule has 4 rings (SSSR count). The molecule has 3 aromatic rings. The summed E-state index contributed by atoms with van der Waals surface area (Å²) < 4.78 is 22.0. The lowest BCUT2D eigenvalue weighted by Crippen LogP contribution is -2.51. The quantitative estimate of drug-likeness (QED) is 0.198. The number of nitrogens with zero attached hydrogens (tertiary/aromatic N) is 3. The van der Waals surface area contributed by atoms with Crippen LogP contribution in [0.5, 0.6) is 11.5 Å². The molecule has 1 aliphatic heterocycles. The van der Waals surface area contributed by atoms with Crippen LogP contribution in [0.3, 0.4) is 0 Å². The first-order chi connectivity index (χ1) is 26.8. The van der Waals surface area contributed by atoms with Gasteiger partial charge in [-0.1, -0.05) is 42.5 Å². The number of amides is 5. The van der Waals surface area contributed by atoms with Gasteiger partial charge in [-0.25, -0.2) is 4.79 Å². The first kappa shape index (κ1) is 42.7. The number of hydrogen-bond acceptors (Lipinski definition) is 11. The van der Waals surface area contributed by atoms with Crippen molar-refractivity contribution in [1.82, 2.24) is 30.7 Å². The first-order valence-electron chi connectivity index (χ1n) is 17.8. The minimum absolute atomic E-state index is 0.0839. The van der Waals surface area contributed by atoms with Gasteiger partial charge in [-0.05, 0) is 55.1 Å². The smallest absolute Gasteiger partial charge is 0.328 e. The molecule has 0 fully saturated rings. The Kier molecular flexibility index (Phi) is 15.3. The lowest BCUT2D eigenvalue weighted by atomic mass is 9.94. The summed E-state index contributed by atoms with van der Waals surface area (Å²) >= 11 is 0. The molecule has 5 amide bonds. The molecule has 4 bridgehead atoms. The van der Waals surface area contributed by atoms with Gasteiger partial charge in [0.05, 0.1) is 54.2 Å². The third-order valence-corrected chi connectivity index (χ3v) is 9.33. The number of nitrogens with one attached hydrogen (secondary N) is 3. The fourth-order valence-electron chi connectivity index (χ4n) is 6.11. The van der Waals surface area contributed by atoms with E-state index in [9.17, 15) is 28.8 Å². The van der Waals surface area contributed by atoms with Crippen molar-refractivity contribution in [2.45, 2.75) is 31.2 Å². The molecule has 16 heteroatoms. The van der Waals surface area contributed by atoms with Crippen molar-refractivity contribution < 1.29 is 47.7 Å². The standard InChI is InChI=1S/C40H50N6O10/c1-44(2)31(24-56-23-25-11-9-8-10-12-25)38(50)42-21-35(48)45(3)22-36(49)46(4)37-27-14-16-33(54-6)29(19-27)28-17-26(13-15-32(28)53-5)18-30(40(52)55-7)43-34(47)20-41-39(37)51/h8-17,19,30-31,37H,18,20-24H2,1-7H3,(H,41,51)(H,42,50)(H,43,47). The van der Waals surface area contributed by atoms with Crippen LogP contribution in [-0.4, -0.2) is 138 Å². The molecule has 16 nitrogen and oxygen atoms in total. The van der Waals surface area contributed by atoms with Crippen LogP contribution in [0.1, 0.15) is 22.7 Å². The van der Waals surface area contributed by atoms with Gasteiger partial charge >= 0.3 is 5.97 Å². The topological polar surface area (TPSA) is 185 Å². The Bertz CT molecular complexity index is 1890. The zero-order valence-electron chi connectivity index (χ0n) is 32.7. The summed E-state index contributed by atoms with van der Waals surface area (Å²) in [5.41, 5.74) is 3.10. The van der Waals surface area contributed by atoms with E-state index >= 15 is 0 Å². The van der Waals surface area contributed by atoms with E-state index in [1.807, 2.05) is 30.3 Å². The number of ether oxygens (including phenoxy) is 4. The van der Waals surface area contributed by atoms with Crippen LogP contribution < -0.4 is 25.4 Å². The van der Waals surface area contributed by atoms with E-state index in [1.54, 1.807) is 55.4 Å². The van der Waals surface area contributed by atoms with Gasteiger partial charge < -0.3 is 44.7 Å². The summed E-state index contributed by atoms with van der Waals surface area (Å²) in [5.74, 6) is -2.73. The van der Waals surface area contributed by atoms with Crippen LogP contribution >= 0.6 is 0 Å². The number of benzene rings is 3. The Morgan fingerprint density at radius 3 is 2.16 bits per heavy atom. The Balaban J connectivity index is 1.54. The molecule has 0 saturated carbocycles. The van der Waals surface area contributed by atoms with E-state index in [2.05, 4.69) is 16.0 Å². The second-order valence-corrected chi connectivity index (χ2v) is 13.4. The lowest BCUT2D eigenvalue weighted by Gasteiger charge is -2.30. The van der Waals surface area contributed by atoms with E-state index in [4.69, 9.17) is 18.9 Å². The van der Waals surface area contributed by atoms with Crippen LogP contribution in [0.25, 0.3) is 11.1 Å². The average molecular weight is 775 g/mol. The SMILES string of the molecule is COC(=O)C1Cc2ccc(OC)c(c2)-c2cc(ccc2OC)C(N(C)C(=O)CN(C)C(=O)CNC(=O)C(COCc2ccccc2)N(C)C)C(=O)NCC(=O)N1. The van der Waals surface area contributed by atoms with Crippen molar-refractivity contribution in [2.75, 3.05) is 75.8 Å². The van der Waals surface area contributed by atoms with Gasteiger partial charge in [0.1, 0.15) is 29.6 Å². The summed E-state index contributed by atoms with van der Waals surface area (Å²) in [6.07, 6.45) is 0.0839. The van der Waals surface area contributed by atoms with Gasteiger partial charge in [0.15, 0.2) is 0 Å². The van der Waals surface area contributed by atoms with Gasteiger partial charge in [-0.3, -0.25) is 28.9 Å². The number of carbonyl (C=O) groups excluding carboxylic acids is 6. The summed E-state index contributed by atoms with van der Waals surface area (Å²) in [5, 5.41) is 7.82. The highest BCUT2D eigenvalue weighted by atomic mass is 16.5. The highest BCUT2D eigenvalue weighted by Crippen LogP contribution is 2.39. The molecule has 0 aromatic heterocycles. The maximum atomic E-state index is 13.9. The van der Waals surface area contributed by atoms with Crippen LogP contribution in [0, 0.1) is 0 Å². The average Bonchev–Trinajstić information content (AvgIpc) is 3.19. The second kappa shape index (κ2) is 20.1. The van der Waals surface area contributed by atoms with Crippen molar-refractivity contribution in [1.29, 1.82) is 0 Å². The lowest BCUT2D eigenvalue weighted by molar-refractivity contribution is -0.145. The number of hydrogen-bond donors (Lipinski definition) is 3. The number of rotatable bonds is 14. The van der Waals surface area contributed by atoms with E-state index in [1.165, 1.54) is 40.3 Å². The first-order valence-corrected chi connectivity index (χ1v) is 17.8. The number of likely N-dealkylation sites (N-methyl/N-ethyl adjacent to an activating group) is 3. The minimum atomic E-state index is -1.28. The van der Waals surface area contributed by atoms with Gasteiger partial charge in [0, 0.05) is 31.6 Å². The minimum Gasteiger partial charge on any atom is -0.496 e. The predicted octanol–water partition coefficient (Wildman–Crippen LogP) is 0.922. The van der Waals surface area contributed by atoms with Crippen molar-refractivity contribution in [3.63, 3.8) is 0 Å². The Hall–Kier alpha value is -6.00. The molecule has 1 heterocycles. The van der Waals surface area contributed by atoms with Crippen LogP contribution in [0.4, 0.5) is 0 Å². The fraction of sp³-hybridized carbons (Fsp3) is 0.400. The van der Waals surface area contributed by atoms with Gasteiger partial charge in [-0.15, -0.1) is 0 Å². The fourth-order valence-corrected chi connectivity index (χ4v) is 6.11. The molecule has 3 N–H and O–H groups in total. The normalized spacial score (nSPS) is 16.0. The van der Waals surface area contributed by atoms with E-state index < -0.39 is 66.7 Å². The molecular formula is C40H50N6O10. The molecule has 0 spiro atoms. The third kappa shape index (κ3) is 11.0. The largest absolute Gasteiger partial charge is 0.496 e. The zero-order valence-corrected chi connectivity index (χ0v) is 32.7. The van der Waals surface area contributed by atoms with Gasteiger partial charge in [0.2, 0.25) is 29.5 Å². The Labute approximate surface area is 326 Å². The number of esters is 1. The van der Waals surface area contributed by atoms with Crippen molar-refractivity contribution in [3.05, 3.63) is 83.4 Å². The number of fused-ring (bicyclic) bond motifs is 5. The Morgan fingerprint density at radius 2 is 1.52 bits per heavy atom. The predicted molar refractivity (Wildman–Crippen MR) is 205 cm³/mol. The molecule has 1 aliphatic rings. The van der Waals surface area contributed by atoms with Crippen LogP contribution in [0.15, 0.2) is 66.7 Å². The Morgan fingerprint density at radius 1 is 0.857 bits per heavy atom. The second-order valence-electron chi connectivity index (χ2n) is 13.4. The summed E-state index contributed by atoms with van der Waals surface area (Å²) in [6.45, 7) is -0.929. The highest BCUT2D eigenvalue weighted by molar-refractivity contribution is 5.94. The summed E-state index contributed by atoms with van der Waals surface area (Å²) in [4.78, 5) is 83.6. The van der Waals surface area contributed by atoms with E-state index in [-0.39, 0.29) is 19.6 Å². The molecule has 3 unspecified atom stereocenters. The van der Waals surface area contributed by atoms with Crippen molar-refractivity contribution >= 4 is 35.5 Å². The molecule has 0 saturated heterocycles. The molecule has 3 aromatic carbocycles. The van der Waals surface area contributed by atoms with Crippen molar-refractivity contribution in [3.8, 4) is 22.6 Å². The summed E-state index contributed by atoms with van der Waals surface area (Å²) in [6, 6.07) is 16.7.